The zero-order chi connectivity index (χ0) is 34.0. The third-order valence-electron chi connectivity index (χ3n) is 9.63. The van der Waals surface area contributed by atoms with Crippen molar-refractivity contribution in [2.24, 2.45) is 11.8 Å². The van der Waals surface area contributed by atoms with Crippen LogP contribution in [0.25, 0.3) is 0 Å². The fraction of sp³-hybridized carbons (Fsp3) is 0.868. The molecule has 0 aromatic heterocycles. The molecule has 1 saturated carbocycles. The molecule has 0 bridgehead atoms. The van der Waals surface area contributed by atoms with Crippen molar-refractivity contribution < 1.29 is 35.4 Å². The third kappa shape index (κ3) is 19.5. The zero-order valence-corrected chi connectivity index (χ0v) is 29.3. The Hall–Kier alpha value is -1.29. The van der Waals surface area contributed by atoms with Crippen LogP contribution in [0.15, 0.2) is 24.3 Å². The summed E-state index contributed by atoms with van der Waals surface area (Å²) < 4.78 is 0. The zero-order valence-electron chi connectivity index (χ0n) is 29.3. The van der Waals surface area contributed by atoms with E-state index >= 15 is 0 Å². The molecule has 0 aromatic carbocycles. The molecule has 1 amide bonds. The van der Waals surface area contributed by atoms with Crippen molar-refractivity contribution in [1.82, 2.24) is 5.32 Å². The van der Waals surface area contributed by atoms with Gasteiger partial charge < -0.3 is 36.0 Å². The van der Waals surface area contributed by atoms with Gasteiger partial charge in [-0.3, -0.25) is 4.79 Å². The molecule has 2 unspecified atom stereocenters. The summed E-state index contributed by atoms with van der Waals surface area (Å²) >= 11 is 0. The van der Waals surface area contributed by atoms with E-state index in [0.29, 0.717) is 38.5 Å². The molecule has 8 atom stereocenters. The molecule has 1 rings (SSSR count). The van der Waals surface area contributed by atoms with Gasteiger partial charge in [-0.25, -0.2) is 0 Å². The van der Waals surface area contributed by atoms with E-state index in [-0.39, 0.29) is 24.2 Å². The Balaban J connectivity index is 2.25. The largest absolute Gasteiger partial charge is 0.394 e. The first-order valence-corrected chi connectivity index (χ1v) is 18.9. The normalized spacial score (nSPS) is 22.9. The maximum absolute atomic E-state index is 12.5. The third-order valence-corrected chi connectivity index (χ3v) is 9.63. The maximum atomic E-state index is 12.5. The SMILES string of the molecule is CCCCCCCCCCCCCCC(O)C(O)[C@H](CO)NC(=O)CCC/C=C/C[C@@H]1[C@@H](/C=C/[C@@H](O)CCCCC)[C@H](O)C[C@@H]1O. The van der Waals surface area contributed by atoms with E-state index < -0.39 is 43.2 Å². The highest BCUT2D eigenvalue weighted by Crippen LogP contribution is 2.36. The molecule has 0 heterocycles. The fourth-order valence-corrected chi connectivity index (χ4v) is 6.57. The highest BCUT2D eigenvalue weighted by atomic mass is 16.3. The quantitative estimate of drug-likeness (QED) is 0.0373. The van der Waals surface area contributed by atoms with E-state index in [0.717, 1.165) is 38.5 Å². The van der Waals surface area contributed by atoms with Crippen molar-refractivity contribution in [1.29, 1.82) is 0 Å². The van der Waals surface area contributed by atoms with Crippen LogP contribution >= 0.6 is 0 Å². The predicted octanol–water partition coefficient (Wildman–Crippen LogP) is 6.25. The molecule has 0 saturated heterocycles. The molecule has 0 spiro atoms. The molecule has 8 heteroatoms. The van der Waals surface area contributed by atoms with Gasteiger partial charge in [-0.05, 0) is 38.0 Å². The number of rotatable bonds is 29. The molecule has 0 aromatic rings. The first-order chi connectivity index (χ1) is 22.2. The Morgan fingerprint density at radius 1 is 0.761 bits per heavy atom. The summed E-state index contributed by atoms with van der Waals surface area (Å²) in [5, 5.41) is 64.5. The number of hydrogen-bond acceptors (Lipinski definition) is 7. The summed E-state index contributed by atoms with van der Waals surface area (Å²) in [5.74, 6) is -0.606. The molecule has 1 aliphatic rings. The summed E-state index contributed by atoms with van der Waals surface area (Å²) in [6.07, 6.45) is 25.0. The van der Waals surface area contributed by atoms with Crippen molar-refractivity contribution in [3.05, 3.63) is 24.3 Å². The van der Waals surface area contributed by atoms with E-state index in [1.807, 2.05) is 18.2 Å². The minimum atomic E-state index is -1.21. The van der Waals surface area contributed by atoms with Crippen molar-refractivity contribution in [3.8, 4) is 0 Å². The summed E-state index contributed by atoms with van der Waals surface area (Å²) in [6.45, 7) is 3.92. The second-order valence-corrected chi connectivity index (χ2v) is 13.8. The van der Waals surface area contributed by atoms with Crippen LogP contribution in [0.3, 0.4) is 0 Å². The highest BCUT2D eigenvalue weighted by molar-refractivity contribution is 5.76. The number of aliphatic hydroxyl groups excluding tert-OH is 6. The number of carbonyl (C=O) groups is 1. The first-order valence-electron chi connectivity index (χ1n) is 18.9. The van der Waals surface area contributed by atoms with Gasteiger partial charge in [-0.15, -0.1) is 0 Å². The highest BCUT2D eigenvalue weighted by Gasteiger charge is 2.39. The summed E-state index contributed by atoms with van der Waals surface area (Å²) in [6, 6.07) is -0.902. The number of nitrogens with one attached hydrogen (secondary N) is 1. The Bertz CT molecular complexity index is 791. The van der Waals surface area contributed by atoms with Gasteiger partial charge in [0.1, 0.15) is 6.10 Å². The van der Waals surface area contributed by atoms with Crippen molar-refractivity contribution in [2.75, 3.05) is 6.61 Å². The number of amides is 1. The monoisotopic (exact) mass is 654 g/mol. The second-order valence-electron chi connectivity index (χ2n) is 13.8. The second kappa shape index (κ2) is 27.6. The van der Waals surface area contributed by atoms with Crippen molar-refractivity contribution in [2.45, 2.75) is 192 Å². The molecule has 0 aliphatic heterocycles. The van der Waals surface area contributed by atoms with Crippen LogP contribution in [-0.2, 0) is 4.79 Å². The lowest BCUT2D eigenvalue weighted by Crippen LogP contribution is -2.50. The topological polar surface area (TPSA) is 150 Å². The molecule has 1 aliphatic carbocycles. The summed E-state index contributed by atoms with van der Waals surface area (Å²) in [7, 11) is 0. The molecular formula is C38H71NO7. The number of aliphatic hydroxyl groups is 6. The molecule has 1 fully saturated rings. The van der Waals surface area contributed by atoms with Crippen LogP contribution in [0, 0.1) is 11.8 Å². The van der Waals surface area contributed by atoms with Crippen molar-refractivity contribution >= 4 is 5.91 Å². The first kappa shape index (κ1) is 42.7. The summed E-state index contributed by atoms with van der Waals surface area (Å²) in [5.41, 5.74) is 0. The Kier molecular flexibility index (Phi) is 25.7. The van der Waals surface area contributed by atoms with Crippen molar-refractivity contribution in [3.63, 3.8) is 0 Å². The molecule has 8 nitrogen and oxygen atoms in total. The van der Waals surface area contributed by atoms with Gasteiger partial charge in [0.15, 0.2) is 0 Å². The molecular weight excluding hydrogens is 582 g/mol. The van der Waals surface area contributed by atoms with Gasteiger partial charge in [-0.2, -0.15) is 0 Å². The van der Waals surface area contributed by atoms with E-state index in [1.54, 1.807) is 6.08 Å². The maximum Gasteiger partial charge on any atom is 0.220 e. The molecule has 270 valence electrons. The van der Waals surface area contributed by atoms with Crippen LogP contribution in [0.4, 0.5) is 0 Å². The smallest absolute Gasteiger partial charge is 0.220 e. The Morgan fingerprint density at radius 3 is 1.93 bits per heavy atom. The number of allylic oxidation sites excluding steroid dienone is 2. The number of unbranched alkanes of at least 4 members (excludes halogenated alkanes) is 14. The Labute approximate surface area is 280 Å². The van der Waals surface area contributed by atoms with Gasteiger partial charge >= 0.3 is 0 Å². The van der Waals surface area contributed by atoms with Gasteiger partial charge in [0.05, 0.1) is 37.1 Å². The number of carbonyl (C=O) groups excluding carboxylic acids is 1. The molecule has 0 radical (unpaired) electrons. The minimum Gasteiger partial charge on any atom is -0.394 e. The summed E-state index contributed by atoms with van der Waals surface area (Å²) in [4.78, 5) is 12.5. The fourth-order valence-electron chi connectivity index (χ4n) is 6.57. The van der Waals surface area contributed by atoms with Crippen LogP contribution < -0.4 is 5.32 Å². The number of hydrogen-bond donors (Lipinski definition) is 7. The minimum absolute atomic E-state index is 0.123. The predicted molar refractivity (Wildman–Crippen MR) is 187 cm³/mol. The molecule has 46 heavy (non-hydrogen) atoms. The van der Waals surface area contributed by atoms with E-state index in [2.05, 4.69) is 19.2 Å². The lowest BCUT2D eigenvalue weighted by atomic mass is 9.89. The standard InChI is InChI=1S/C38H71NO7/c1-3-5-7-8-9-10-11-12-13-14-15-20-24-34(42)38(46)33(29-40)39-37(45)25-21-17-16-19-23-31-32(36(44)28-35(31)43)27-26-30(41)22-18-6-4-2/h16,19,26-27,30-36,38,40-44,46H,3-15,17-18,20-25,28-29H2,1-2H3,(H,39,45)/b19-16+,27-26+/t30-,31+,32+,33-,34?,35-,36+,38?/m0/s1. The Morgan fingerprint density at radius 2 is 1.33 bits per heavy atom. The van der Waals surface area contributed by atoms with Gasteiger partial charge in [0.2, 0.25) is 5.91 Å². The van der Waals surface area contributed by atoms with E-state index in [9.17, 15) is 35.4 Å². The average Bonchev–Trinajstić information content (AvgIpc) is 3.31. The molecule has 7 N–H and O–H groups in total. The lowest BCUT2D eigenvalue weighted by molar-refractivity contribution is -0.124. The van der Waals surface area contributed by atoms with Crippen LogP contribution in [0.2, 0.25) is 0 Å². The van der Waals surface area contributed by atoms with E-state index in [1.165, 1.54) is 57.8 Å². The van der Waals surface area contributed by atoms with Gasteiger partial charge in [-0.1, -0.05) is 134 Å². The van der Waals surface area contributed by atoms with Crippen LogP contribution in [-0.4, -0.2) is 79.7 Å². The average molecular weight is 654 g/mol. The van der Waals surface area contributed by atoms with Gasteiger partial charge in [0, 0.05) is 18.8 Å². The van der Waals surface area contributed by atoms with E-state index in [4.69, 9.17) is 0 Å². The van der Waals surface area contributed by atoms with Crippen LogP contribution in [0.5, 0.6) is 0 Å². The van der Waals surface area contributed by atoms with Gasteiger partial charge in [0.25, 0.3) is 0 Å². The van der Waals surface area contributed by atoms with Crippen LogP contribution in [0.1, 0.15) is 155 Å². The lowest BCUT2D eigenvalue weighted by Gasteiger charge is -2.26.